The van der Waals surface area contributed by atoms with E-state index in [1.54, 1.807) is 25.3 Å². The summed E-state index contributed by atoms with van der Waals surface area (Å²) in [6.45, 7) is 2.83. The van der Waals surface area contributed by atoms with Crippen LogP contribution in [0.15, 0.2) is 18.2 Å². The minimum Gasteiger partial charge on any atom is -0.493 e. The highest BCUT2D eigenvalue weighted by Crippen LogP contribution is 2.29. The predicted octanol–water partition coefficient (Wildman–Crippen LogP) is 2.82. The average molecular weight is 334 g/mol. The van der Waals surface area contributed by atoms with Gasteiger partial charge in [0.25, 0.3) is 0 Å². The molecule has 0 aliphatic carbocycles. The van der Waals surface area contributed by atoms with Crippen molar-refractivity contribution in [1.82, 2.24) is 4.90 Å². The molecule has 1 unspecified atom stereocenters. The molecule has 24 heavy (non-hydrogen) atoms. The number of nitrogens with one attached hydrogen (secondary N) is 1. The summed E-state index contributed by atoms with van der Waals surface area (Å²) in [5, 5.41) is 2.75. The maximum absolute atomic E-state index is 12.4. The van der Waals surface area contributed by atoms with Gasteiger partial charge in [0.1, 0.15) is 6.42 Å². The Hall–Kier alpha value is -2.24. The molecule has 0 aromatic heterocycles. The molecule has 1 aromatic rings. The highest BCUT2D eigenvalue weighted by atomic mass is 16.5. The number of nitrogens with zero attached hydrogens (tertiary/aromatic N) is 1. The predicted molar refractivity (Wildman–Crippen MR) is 92.4 cm³/mol. The molecule has 2 rings (SSSR count). The number of carbonyl (C=O) groups is 2. The summed E-state index contributed by atoms with van der Waals surface area (Å²) in [5.74, 6) is 0.710. The van der Waals surface area contributed by atoms with Crippen LogP contribution in [0.3, 0.4) is 0 Å². The van der Waals surface area contributed by atoms with Crippen molar-refractivity contribution in [3.05, 3.63) is 18.2 Å². The molecule has 6 heteroatoms. The molecule has 0 radical (unpaired) electrons. The van der Waals surface area contributed by atoms with Crippen LogP contribution in [0.4, 0.5) is 5.69 Å². The molecule has 0 bridgehead atoms. The van der Waals surface area contributed by atoms with Gasteiger partial charge in [0.15, 0.2) is 11.5 Å². The number of anilines is 1. The summed E-state index contributed by atoms with van der Waals surface area (Å²) in [5.41, 5.74) is 0.580. The minimum absolute atomic E-state index is 0.0977. The number of carbonyl (C=O) groups excluding carboxylic acids is 2. The number of hydrogen-bond acceptors (Lipinski definition) is 4. The Kier molecular flexibility index (Phi) is 6.46. The second kappa shape index (κ2) is 8.57. The third-order valence-corrected chi connectivity index (χ3v) is 4.40. The molecule has 0 spiro atoms. The molecule has 1 atom stereocenters. The average Bonchev–Trinajstić information content (AvgIpc) is 2.61. The largest absolute Gasteiger partial charge is 0.493 e. The first-order valence-corrected chi connectivity index (χ1v) is 8.40. The fraction of sp³-hybridized carbons (Fsp3) is 0.556. The van der Waals surface area contributed by atoms with Crippen molar-refractivity contribution in [3.8, 4) is 11.5 Å². The zero-order valence-corrected chi connectivity index (χ0v) is 14.6. The van der Waals surface area contributed by atoms with Crippen molar-refractivity contribution in [3.63, 3.8) is 0 Å². The van der Waals surface area contributed by atoms with Gasteiger partial charge >= 0.3 is 0 Å². The lowest BCUT2D eigenvalue weighted by Crippen LogP contribution is -2.44. The van der Waals surface area contributed by atoms with E-state index in [1.807, 2.05) is 4.90 Å². The summed E-state index contributed by atoms with van der Waals surface area (Å²) < 4.78 is 10.4. The molecule has 2 amide bonds. The van der Waals surface area contributed by atoms with E-state index in [4.69, 9.17) is 9.47 Å². The van der Waals surface area contributed by atoms with Crippen LogP contribution in [0.2, 0.25) is 0 Å². The Morgan fingerprint density at radius 1 is 1.21 bits per heavy atom. The smallest absolute Gasteiger partial charge is 0.233 e. The van der Waals surface area contributed by atoms with E-state index in [-0.39, 0.29) is 24.3 Å². The Labute approximate surface area is 143 Å². The Morgan fingerprint density at radius 3 is 2.62 bits per heavy atom. The quantitative estimate of drug-likeness (QED) is 0.812. The first kappa shape index (κ1) is 18.1. The normalized spacial score (nSPS) is 17.3. The third-order valence-electron chi connectivity index (χ3n) is 4.40. The maximum atomic E-state index is 12.4. The van der Waals surface area contributed by atoms with E-state index in [9.17, 15) is 9.59 Å². The number of ether oxygens (including phenoxy) is 2. The standard InChI is InChI=1S/C18H26N2O4/c1-4-14-7-5-6-10-20(14)18(22)12-17(21)19-13-8-9-15(23-2)16(11-13)24-3/h8-9,11,14H,4-7,10,12H2,1-3H3,(H,19,21). The third kappa shape index (κ3) is 4.40. The van der Waals surface area contributed by atoms with Crippen LogP contribution in [0.5, 0.6) is 11.5 Å². The highest BCUT2D eigenvalue weighted by molar-refractivity contribution is 6.03. The number of methoxy groups -OCH3 is 2. The Balaban J connectivity index is 1.96. The van der Waals surface area contributed by atoms with E-state index in [2.05, 4.69) is 12.2 Å². The lowest BCUT2D eigenvalue weighted by Gasteiger charge is -2.35. The van der Waals surface area contributed by atoms with Gasteiger partial charge < -0.3 is 19.7 Å². The SMILES string of the molecule is CCC1CCCCN1C(=O)CC(=O)Nc1ccc(OC)c(OC)c1. The number of hydrogen-bond donors (Lipinski definition) is 1. The molecule has 1 heterocycles. The van der Waals surface area contributed by atoms with E-state index >= 15 is 0 Å². The molecule has 1 saturated heterocycles. The van der Waals surface area contributed by atoms with Crippen molar-refractivity contribution < 1.29 is 19.1 Å². The number of rotatable bonds is 6. The van der Waals surface area contributed by atoms with Crippen molar-refractivity contribution in [2.45, 2.75) is 45.1 Å². The fourth-order valence-corrected chi connectivity index (χ4v) is 3.11. The van der Waals surface area contributed by atoms with Crippen molar-refractivity contribution >= 4 is 17.5 Å². The maximum Gasteiger partial charge on any atom is 0.233 e. The topological polar surface area (TPSA) is 67.9 Å². The first-order valence-electron chi connectivity index (χ1n) is 8.40. The Morgan fingerprint density at radius 2 is 1.96 bits per heavy atom. The number of likely N-dealkylation sites (tertiary alicyclic amines) is 1. The van der Waals surface area contributed by atoms with Crippen LogP contribution in [-0.4, -0.2) is 43.5 Å². The van der Waals surface area contributed by atoms with Crippen molar-refractivity contribution in [2.24, 2.45) is 0 Å². The summed E-state index contributed by atoms with van der Waals surface area (Å²) in [4.78, 5) is 26.5. The van der Waals surface area contributed by atoms with Gasteiger partial charge in [0.2, 0.25) is 11.8 Å². The van der Waals surface area contributed by atoms with Gasteiger partial charge in [0, 0.05) is 24.3 Å². The van der Waals surface area contributed by atoms with Crippen LogP contribution in [0, 0.1) is 0 Å². The van der Waals surface area contributed by atoms with Gasteiger partial charge in [-0.1, -0.05) is 6.92 Å². The summed E-state index contributed by atoms with van der Waals surface area (Å²) in [6, 6.07) is 5.38. The zero-order chi connectivity index (χ0) is 17.5. The molecule has 1 N–H and O–H groups in total. The van der Waals surface area contributed by atoms with E-state index in [1.165, 1.54) is 7.11 Å². The van der Waals surface area contributed by atoms with Crippen LogP contribution < -0.4 is 14.8 Å². The molecule has 6 nitrogen and oxygen atoms in total. The molecular weight excluding hydrogens is 308 g/mol. The molecule has 1 aliphatic rings. The molecule has 1 aromatic carbocycles. The van der Waals surface area contributed by atoms with Crippen molar-refractivity contribution in [2.75, 3.05) is 26.1 Å². The van der Waals surface area contributed by atoms with Crippen molar-refractivity contribution in [1.29, 1.82) is 0 Å². The number of amides is 2. The lowest BCUT2D eigenvalue weighted by atomic mass is 9.99. The van der Waals surface area contributed by atoms with Crippen LogP contribution in [0.25, 0.3) is 0 Å². The minimum atomic E-state index is -0.312. The number of piperidine rings is 1. The van der Waals surface area contributed by atoms with E-state index < -0.39 is 0 Å². The fourth-order valence-electron chi connectivity index (χ4n) is 3.11. The molecule has 1 fully saturated rings. The Bertz CT molecular complexity index is 588. The second-order valence-electron chi connectivity index (χ2n) is 5.94. The monoisotopic (exact) mass is 334 g/mol. The van der Waals surface area contributed by atoms with Gasteiger partial charge in [-0.05, 0) is 37.8 Å². The lowest BCUT2D eigenvalue weighted by molar-refractivity contribution is -0.137. The van der Waals surface area contributed by atoms with E-state index in [0.29, 0.717) is 17.2 Å². The van der Waals surface area contributed by atoms with Crippen LogP contribution >= 0.6 is 0 Å². The van der Waals surface area contributed by atoms with Gasteiger partial charge in [-0.25, -0.2) is 0 Å². The van der Waals surface area contributed by atoms with Crippen LogP contribution in [0.1, 0.15) is 39.0 Å². The van der Waals surface area contributed by atoms with Gasteiger partial charge in [0.05, 0.1) is 14.2 Å². The van der Waals surface area contributed by atoms with Gasteiger partial charge in [-0.3, -0.25) is 9.59 Å². The van der Waals surface area contributed by atoms with E-state index in [0.717, 1.165) is 32.2 Å². The molecular formula is C18H26N2O4. The summed E-state index contributed by atoms with van der Waals surface area (Å²) in [7, 11) is 3.09. The highest BCUT2D eigenvalue weighted by Gasteiger charge is 2.26. The number of benzene rings is 1. The van der Waals surface area contributed by atoms with Gasteiger partial charge in [-0.15, -0.1) is 0 Å². The second-order valence-corrected chi connectivity index (χ2v) is 5.94. The zero-order valence-electron chi connectivity index (χ0n) is 14.6. The van der Waals surface area contributed by atoms with Crippen LogP contribution in [-0.2, 0) is 9.59 Å². The molecule has 0 saturated carbocycles. The first-order chi connectivity index (χ1) is 11.6. The summed E-state index contributed by atoms with van der Waals surface area (Å²) in [6.07, 6.45) is 3.99. The van der Waals surface area contributed by atoms with Gasteiger partial charge in [-0.2, -0.15) is 0 Å². The molecule has 132 valence electrons. The molecule has 1 aliphatic heterocycles. The summed E-state index contributed by atoms with van der Waals surface area (Å²) >= 11 is 0.